The highest BCUT2D eigenvalue weighted by atomic mass is 16.5. The maximum absolute atomic E-state index is 12.5. The fraction of sp³-hybridized carbons (Fsp3) is 0.316. The summed E-state index contributed by atoms with van der Waals surface area (Å²) in [6, 6.07) is 6.40. The number of carbonyl (C=O) groups excluding carboxylic acids is 2. The van der Waals surface area contributed by atoms with Crippen LogP contribution in [0.5, 0.6) is 17.2 Å². The van der Waals surface area contributed by atoms with Crippen LogP contribution < -0.4 is 24.8 Å². The number of carbonyl (C=O) groups is 2. The van der Waals surface area contributed by atoms with Gasteiger partial charge in [0.1, 0.15) is 5.82 Å². The van der Waals surface area contributed by atoms with E-state index in [-0.39, 0.29) is 11.8 Å². The zero-order valence-corrected chi connectivity index (χ0v) is 15.8. The smallest absolute Gasteiger partial charge is 0.255 e. The maximum atomic E-state index is 12.5. The second-order valence-corrected chi connectivity index (χ2v) is 5.60. The fourth-order valence-electron chi connectivity index (χ4n) is 2.39. The van der Waals surface area contributed by atoms with Gasteiger partial charge in [0.05, 0.1) is 33.2 Å². The van der Waals surface area contributed by atoms with Gasteiger partial charge in [0.2, 0.25) is 11.7 Å². The average molecular weight is 373 g/mol. The predicted octanol–water partition coefficient (Wildman–Crippen LogP) is 3.10. The molecule has 0 saturated carbocycles. The van der Waals surface area contributed by atoms with Crippen molar-refractivity contribution in [2.75, 3.05) is 32.0 Å². The van der Waals surface area contributed by atoms with Crippen molar-refractivity contribution in [2.24, 2.45) is 0 Å². The Balaban J connectivity index is 2.14. The van der Waals surface area contributed by atoms with Crippen molar-refractivity contribution >= 4 is 23.3 Å². The Morgan fingerprint density at radius 3 is 2.15 bits per heavy atom. The Morgan fingerprint density at radius 2 is 1.67 bits per heavy atom. The number of hydrogen-bond acceptors (Lipinski definition) is 6. The molecule has 2 N–H and O–H groups in total. The Bertz CT molecular complexity index is 780. The van der Waals surface area contributed by atoms with Crippen LogP contribution in [0.4, 0.5) is 11.5 Å². The number of anilines is 2. The average Bonchev–Trinajstić information content (AvgIpc) is 2.68. The molecule has 0 aliphatic heterocycles. The van der Waals surface area contributed by atoms with E-state index >= 15 is 0 Å². The first kappa shape index (κ1) is 20.0. The number of nitrogens with one attached hydrogen (secondary N) is 2. The predicted molar refractivity (Wildman–Crippen MR) is 102 cm³/mol. The molecule has 1 aromatic carbocycles. The van der Waals surface area contributed by atoms with Crippen LogP contribution in [0, 0.1) is 0 Å². The van der Waals surface area contributed by atoms with E-state index in [1.165, 1.54) is 27.5 Å². The summed E-state index contributed by atoms with van der Waals surface area (Å²) in [4.78, 5) is 28.2. The first-order chi connectivity index (χ1) is 13.0. The third-order valence-electron chi connectivity index (χ3n) is 3.69. The molecule has 2 amide bonds. The van der Waals surface area contributed by atoms with E-state index in [9.17, 15) is 9.59 Å². The van der Waals surface area contributed by atoms with Crippen LogP contribution in [0.1, 0.15) is 30.1 Å². The number of pyridine rings is 1. The molecular formula is C19H23N3O5. The van der Waals surface area contributed by atoms with Crippen LogP contribution in [-0.4, -0.2) is 38.1 Å². The van der Waals surface area contributed by atoms with Crippen LogP contribution >= 0.6 is 0 Å². The van der Waals surface area contributed by atoms with Crippen molar-refractivity contribution in [1.82, 2.24) is 4.98 Å². The van der Waals surface area contributed by atoms with E-state index in [4.69, 9.17) is 14.2 Å². The SMILES string of the molecule is CCCC(=O)Nc1ccc(NC(=O)c2cc(OC)c(OC)c(OC)c2)cn1. The molecule has 0 radical (unpaired) electrons. The summed E-state index contributed by atoms with van der Waals surface area (Å²) in [6.07, 6.45) is 2.66. The van der Waals surface area contributed by atoms with Gasteiger partial charge in [-0.15, -0.1) is 0 Å². The summed E-state index contributed by atoms with van der Waals surface area (Å²) in [6.45, 7) is 1.93. The zero-order valence-electron chi connectivity index (χ0n) is 15.8. The van der Waals surface area contributed by atoms with Crippen LogP contribution in [0.3, 0.4) is 0 Å². The van der Waals surface area contributed by atoms with E-state index < -0.39 is 0 Å². The molecule has 0 aliphatic carbocycles. The van der Waals surface area contributed by atoms with E-state index in [1.807, 2.05) is 6.92 Å². The van der Waals surface area contributed by atoms with Gasteiger partial charge in [-0.2, -0.15) is 0 Å². The highest BCUT2D eigenvalue weighted by molar-refractivity contribution is 6.05. The highest BCUT2D eigenvalue weighted by Crippen LogP contribution is 2.38. The van der Waals surface area contributed by atoms with Gasteiger partial charge in [0, 0.05) is 12.0 Å². The third-order valence-corrected chi connectivity index (χ3v) is 3.69. The Hall–Kier alpha value is -3.29. The van der Waals surface area contributed by atoms with Crippen LogP contribution in [-0.2, 0) is 4.79 Å². The minimum Gasteiger partial charge on any atom is -0.493 e. The Kier molecular flexibility index (Phi) is 6.99. The van der Waals surface area contributed by atoms with Gasteiger partial charge in [-0.1, -0.05) is 6.92 Å². The molecule has 1 heterocycles. The molecule has 0 unspecified atom stereocenters. The summed E-state index contributed by atoms with van der Waals surface area (Å²) in [5.41, 5.74) is 0.826. The van der Waals surface area contributed by atoms with Crippen LogP contribution in [0.25, 0.3) is 0 Å². The van der Waals surface area contributed by atoms with Gasteiger partial charge in [0.25, 0.3) is 5.91 Å². The summed E-state index contributed by atoms with van der Waals surface area (Å²) >= 11 is 0. The minimum absolute atomic E-state index is 0.0980. The highest BCUT2D eigenvalue weighted by Gasteiger charge is 2.17. The molecule has 8 nitrogen and oxygen atoms in total. The molecule has 0 spiro atoms. The minimum atomic E-state index is -0.362. The van der Waals surface area contributed by atoms with Crippen LogP contribution in [0.15, 0.2) is 30.5 Å². The number of nitrogens with zero attached hydrogens (tertiary/aromatic N) is 1. The molecule has 0 fully saturated rings. The second-order valence-electron chi connectivity index (χ2n) is 5.60. The molecule has 2 rings (SSSR count). The van der Waals surface area contributed by atoms with Crippen molar-refractivity contribution in [3.8, 4) is 17.2 Å². The first-order valence-corrected chi connectivity index (χ1v) is 8.39. The van der Waals surface area contributed by atoms with Gasteiger partial charge in [0.15, 0.2) is 11.5 Å². The number of rotatable bonds is 8. The second kappa shape index (κ2) is 9.42. The molecule has 144 valence electrons. The summed E-state index contributed by atoms with van der Waals surface area (Å²) in [5.74, 6) is 1.14. The zero-order chi connectivity index (χ0) is 19.8. The largest absolute Gasteiger partial charge is 0.493 e. The van der Waals surface area contributed by atoms with Crippen LogP contribution in [0.2, 0.25) is 0 Å². The lowest BCUT2D eigenvalue weighted by molar-refractivity contribution is -0.116. The van der Waals surface area contributed by atoms with Crippen molar-refractivity contribution in [3.63, 3.8) is 0 Å². The summed E-state index contributed by atoms with van der Waals surface area (Å²) < 4.78 is 15.8. The first-order valence-electron chi connectivity index (χ1n) is 8.39. The lowest BCUT2D eigenvalue weighted by Gasteiger charge is -2.14. The molecule has 0 aliphatic rings. The number of methoxy groups -OCH3 is 3. The molecule has 1 aromatic heterocycles. The van der Waals surface area contributed by atoms with Crippen molar-refractivity contribution in [1.29, 1.82) is 0 Å². The van der Waals surface area contributed by atoms with E-state index in [0.29, 0.717) is 40.7 Å². The molecule has 0 atom stereocenters. The molecule has 8 heteroatoms. The monoisotopic (exact) mass is 373 g/mol. The molecule has 2 aromatic rings. The Labute approximate surface area is 157 Å². The fourth-order valence-corrected chi connectivity index (χ4v) is 2.39. The quantitative estimate of drug-likeness (QED) is 0.738. The number of aromatic nitrogens is 1. The lowest BCUT2D eigenvalue weighted by Crippen LogP contribution is -2.14. The van der Waals surface area contributed by atoms with Gasteiger partial charge >= 0.3 is 0 Å². The van der Waals surface area contributed by atoms with Gasteiger partial charge in [-0.05, 0) is 30.7 Å². The number of amides is 2. The number of hydrogen-bond donors (Lipinski definition) is 2. The lowest BCUT2D eigenvalue weighted by atomic mass is 10.1. The third kappa shape index (κ3) is 5.10. The van der Waals surface area contributed by atoms with Gasteiger partial charge in [-0.25, -0.2) is 4.98 Å². The van der Waals surface area contributed by atoms with Crippen molar-refractivity contribution in [3.05, 3.63) is 36.0 Å². The molecule has 0 saturated heterocycles. The van der Waals surface area contributed by atoms with Gasteiger partial charge in [-0.3, -0.25) is 9.59 Å². The van der Waals surface area contributed by atoms with E-state index in [0.717, 1.165) is 6.42 Å². The standard InChI is InChI=1S/C19H23N3O5/c1-5-6-17(23)22-16-8-7-13(11-20-16)21-19(24)12-9-14(25-2)18(27-4)15(10-12)26-3/h7-11H,5-6H2,1-4H3,(H,21,24)(H,20,22,23). The van der Waals surface area contributed by atoms with Crippen molar-refractivity contribution in [2.45, 2.75) is 19.8 Å². The molecule has 0 bridgehead atoms. The molecular weight excluding hydrogens is 350 g/mol. The molecule has 27 heavy (non-hydrogen) atoms. The van der Waals surface area contributed by atoms with Gasteiger partial charge < -0.3 is 24.8 Å². The summed E-state index contributed by atoms with van der Waals surface area (Å²) in [5, 5.41) is 5.43. The maximum Gasteiger partial charge on any atom is 0.255 e. The topological polar surface area (TPSA) is 98.8 Å². The van der Waals surface area contributed by atoms with E-state index in [1.54, 1.807) is 24.3 Å². The Morgan fingerprint density at radius 1 is 1.00 bits per heavy atom. The summed E-state index contributed by atoms with van der Waals surface area (Å²) in [7, 11) is 4.45. The number of benzene rings is 1. The number of ether oxygens (including phenoxy) is 3. The van der Waals surface area contributed by atoms with E-state index in [2.05, 4.69) is 15.6 Å². The normalized spacial score (nSPS) is 10.1. The van der Waals surface area contributed by atoms with Crippen molar-refractivity contribution < 1.29 is 23.8 Å².